The molecule has 2 aliphatic rings. The lowest BCUT2D eigenvalue weighted by Gasteiger charge is -2.37. The standard InChI is InChI=1S/C22H27N3O4/c1-16-11-19(7-8-25(16)15-17-5-3-2-4-6-17)29-22(26)24-13-18-12-20-21(14-23-18)28-10-9-27-20/h2-6,12,14,16,19H,7-11,13,15H2,1H3,(H,24,26). The molecule has 154 valence electrons. The number of likely N-dealkylation sites (tertiary alicyclic amines) is 1. The predicted octanol–water partition coefficient (Wildman–Crippen LogP) is 3.13. The summed E-state index contributed by atoms with van der Waals surface area (Å²) in [5, 5.41) is 2.79. The number of carbonyl (C=O) groups is 1. The van der Waals surface area contributed by atoms with E-state index in [2.05, 4.69) is 46.4 Å². The van der Waals surface area contributed by atoms with Crippen molar-refractivity contribution in [3.63, 3.8) is 0 Å². The minimum absolute atomic E-state index is 0.0646. The maximum absolute atomic E-state index is 12.2. The average Bonchev–Trinajstić information content (AvgIpc) is 2.75. The Morgan fingerprint density at radius 1 is 1.24 bits per heavy atom. The van der Waals surface area contributed by atoms with E-state index in [4.69, 9.17) is 14.2 Å². The monoisotopic (exact) mass is 397 g/mol. The van der Waals surface area contributed by atoms with E-state index in [1.165, 1.54) is 5.56 Å². The summed E-state index contributed by atoms with van der Waals surface area (Å²) in [7, 11) is 0. The zero-order chi connectivity index (χ0) is 20.1. The van der Waals surface area contributed by atoms with Crippen molar-refractivity contribution in [2.45, 2.75) is 45.0 Å². The third-order valence-electron chi connectivity index (χ3n) is 5.37. The number of piperidine rings is 1. The van der Waals surface area contributed by atoms with Crippen LogP contribution in [0.1, 0.15) is 31.0 Å². The molecule has 3 heterocycles. The third kappa shape index (κ3) is 5.17. The molecule has 29 heavy (non-hydrogen) atoms. The minimum atomic E-state index is -0.407. The van der Waals surface area contributed by atoms with Gasteiger partial charge < -0.3 is 19.5 Å². The molecule has 0 spiro atoms. The van der Waals surface area contributed by atoms with Gasteiger partial charge in [-0.15, -0.1) is 0 Å². The normalized spacial score (nSPS) is 21.4. The molecular weight excluding hydrogens is 370 g/mol. The van der Waals surface area contributed by atoms with E-state index in [-0.39, 0.29) is 12.6 Å². The summed E-state index contributed by atoms with van der Waals surface area (Å²) in [5.74, 6) is 1.30. The van der Waals surface area contributed by atoms with Gasteiger partial charge in [0.25, 0.3) is 0 Å². The maximum atomic E-state index is 12.2. The zero-order valence-electron chi connectivity index (χ0n) is 16.7. The number of pyridine rings is 1. The molecule has 0 aliphatic carbocycles. The summed E-state index contributed by atoms with van der Waals surface area (Å²) in [6.45, 7) is 5.37. The molecule has 1 aromatic carbocycles. The van der Waals surface area contributed by atoms with Crippen molar-refractivity contribution in [3.05, 3.63) is 53.9 Å². The number of nitrogens with one attached hydrogen (secondary N) is 1. The van der Waals surface area contributed by atoms with Crippen LogP contribution in [0.4, 0.5) is 4.79 Å². The third-order valence-corrected chi connectivity index (χ3v) is 5.37. The Balaban J connectivity index is 1.22. The molecule has 1 N–H and O–H groups in total. The lowest BCUT2D eigenvalue weighted by Crippen LogP contribution is -2.44. The van der Waals surface area contributed by atoms with Crippen LogP contribution < -0.4 is 14.8 Å². The molecule has 0 saturated carbocycles. The van der Waals surface area contributed by atoms with Crippen LogP contribution in [0.3, 0.4) is 0 Å². The van der Waals surface area contributed by atoms with Gasteiger partial charge in [-0.05, 0) is 25.3 Å². The Hall–Kier alpha value is -2.80. The quantitative estimate of drug-likeness (QED) is 0.836. The van der Waals surface area contributed by atoms with Crippen molar-refractivity contribution < 1.29 is 19.0 Å². The molecule has 4 rings (SSSR count). The number of fused-ring (bicyclic) bond motifs is 1. The molecule has 7 nitrogen and oxygen atoms in total. The van der Waals surface area contributed by atoms with Crippen molar-refractivity contribution >= 4 is 6.09 Å². The number of ether oxygens (including phenoxy) is 3. The Bertz CT molecular complexity index is 830. The highest BCUT2D eigenvalue weighted by atomic mass is 16.6. The van der Waals surface area contributed by atoms with Gasteiger partial charge in [-0.3, -0.25) is 9.88 Å². The highest BCUT2D eigenvalue weighted by Gasteiger charge is 2.27. The molecule has 1 amide bonds. The molecular formula is C22H27N3O4. The van der Waals surface area contributed by atoms with E-state index in [0.29, 0.717) is 36.4 Å². The SMILES string of the molecule is CC1CC(OC(=O)NCc2cc3c(cn2)OCCO3)CCN1Cc1ccccc1. The number of benzene rings is 1. The Kier molecular flexibility index (Phi) is 6.14. The Morgan fingerprint density at radius 2 is 2.03 bits per heavy atom. The largest absolute Gasteiger partial charge is 0.486 e. The van der Waals surface area contributed by atoms with Gasteiger partial charge in [0.2, 0.25) is 0 Å². The first-order valence-corrected chi connectivity index (χ1v) is 10.1. The van der Waals surface area contributed by atoms with Gasteiger partial charge in [0.15, 0.2) is 11.5 Å². The summed E-state index contributed by atoms with van der Waals surface area (Å²) < 4.78 is 16.6. The molecule has 2 unspecified atom stereocenters. The summed E-state index contributed by atoms with van der Waals surface area (Å²) in [5.41, 5.74) is 2.01. The van der Waals surface area contributed by atoms with Crippen LogP contribution >= 0.6 is 0 Å². The van der Waals surface area contributed by atoms with Crippen LogP contribution in [0.25, 0.3) is 0 Å². The van der Waals surface area contributed by atoms with Gasteiger partial charge >= 0.3 is 6.09 Å². The molecule has 7 heteroatoms. The second-order valence-electron chi connectivity index (χ2n) is 7.53. The van der Waals surface area contributed by atoms with E-state index in [1.807, 2.05) is 6.07 Å². The van der Waals surface area contributed by atoms with Crippen LogP contribution in [0, 0.1) is 0 Å². The van der Waals surface area contributed by atoms with Crippen LogP contribution in [0.2, 0.25) is 0 Å². The first-order chi connectivity index (χ1) is 14.2. The number of hydrogen-bond donors (Lipinski definition) is 1. The van der Waals surface area contributed by atoms with Crippen molar-refractivity contribution in [1.82, 2.24) is 15.2 Å². The molecule has 2 atom stereocenters. The van der Waals surface area contributed by atoms with E-state index in [9.17, 15) is 4.79 Å². The topological polar surface area (TPSA) is 72.9 Å². The molecule has 0 radical (unpaired) electrons. The number of amides is 1. The zero-order valence-corrected chi connectivity index (χ0v) is 16.7. The number of aromatic nitrogens is 1. The van der Waals surface area contributed by atoms with Gasteiger partial charge in [0, 0.05) is 25.2 Å². The Morgan fingerprint density at radius 3 is 2.83 bits per heavy atom. The van der Waals surface area contributed by atoms with Gasteiger partial charge in [-0.25, -0.2) is 4.79 Å². The fourth-order valence-electron chi connectivity index (χ4n) is 3.78. The summed E-state index contributed by atoms with van der Waals surface area (Å²) in [6, 6.07) is 12.6. The van der Waals surface area contributed by atoms with Crippen LogP contribution in [-0.2, 0) is 17.8 Å². The number of nitrogens with zero attached hydrogens (tertiary/aromatic N) is 2. The minimum Gasteiger partial charge on any atom is -0.486 e. The number of carbonyl (C=O) groups excluding carboxylic acids is 1. The summed E-state index contributed by atoms with van der Waals surface area (Å²) in [4.78, 5) is 18.9. The maximum Gasteiger partial charge on any atom is 0.407 e. The van der Waals surface area contributed by atoms with E-state index in [1.54, 1.807) is 12.3 Å². The first kappa shape index (κ1) is 19.5. The molecule has 1 fully saturated rings. The van der Waals surface area contributed by atoms with Crippen molar-refractivity contribution in [2.24, 2.45) is 0 Å². The molecule has 1 saturated heterocycles. The molecule has 2 aliphatic heterocycles. The smallest absolute Gasteiger partial charge is 0.407 e. The summed E-state index contributed by atoms with van der Waals surface area (Å²) >= 11 is 0. The van der Waals surface area contributed by atoms with E-state index < -0.39 is 6.09 Å². The average molecular weight is 397 g/mol. The lowest BCUT2D eigenvalue weighted by atomic mass is 10.00. The van der Waals surface area contributed by atoms with Crippen LogP contribution in [-0.4, -0.2) is 47.9 Å². The molecule has 1 aromatic heterocycles. The van der Waals surface area contributed by atoms with Crippen LogP contribution in [0.15, 0.2) is 42.6 Å². The van der Waals surface area contributed by atoms with Gasteiger partial charge in [0.05, 0.1) is 18.4 Å². The van der Waals surface area contributed by atoms with Crippen LogP contribution in [0.5, 0.6) is 11.5 Å². The second-order valence-corrected chi connectivity index (χ2v) is 7.53. The molecule has 2 aromatic rings. The first-order valence-electron chi connectivity index (χ1n) is 10.1. The van der Waals surface area contributed by atoms with E-state index >= 15 is 0 Å². The van der Waals surface area contributed by atoms with Crippen molar-refractivity contribution in [2.75, 3.05) is 19.8 Å². The Labute approximate surface area is 171 Å². The fourth-order valence-corrected chi connectivity index (χ4v) is 3.78. The highest BCUT2D eigenvalue weighted by Crippen LogP contribution is 2.29. The predicted molar refractivity (Wildman–Crippen MR) is 108 cm³/mol. The number of alkyl carbamates (subject to hydrolysis) is 1. The van der Waals surface area contributed by atoms with Crippen molar-refractivity contribution in [3.8, 4) is 11.5 Å². The fraction of sp³-hybridized carbons (Fsp3) is 0.455. The van der Waals surface area contributed by atoms with Gasteiger partial charge in [-0.2, -0.15) is 0 Å². The van der Waals surface area contributed by atoms with Crippen molar-refractivity contribution in [1.29, 1.82) is 0 Å². The second kappa shape index (κ2) is 9.13. The highest BCUT2D eigenvalue weighted by molar-refractivity contribution is 5.67. The number of hydrogen-bond acceptors (Lipinski definition) is 6. The molecule has 0 bridgehead atoms. The summed E-state index contributed by atoms with van der Waals surface area (Å²) in [6.07, 6.45) is 2.83. The van der Waals surface area contributed by atoms with E-state index in [0.717, 1.165) is 25.9 Å². The number of rotatable bonds is 5. The lowest BCUT2D eigenvalue weighted by molar-refractivity contribution is 0.0245. The van der Waals surface area contributed by atoms with Gasteiger partial charge in [-0.1, -0.05) is 30.3 Å². The van der Waals surface area contributed by atoms with Gasteiger partial charge in [0.1, 0.15) is 19.3 Å².